The highest BCUT2D eigenvalue weighted by molar-refractivity contribution is 8.02. The minimum absolute atomic E-state index is 0.925. The minimum atomic E-state index is 0.925. The van der Waals surface area contributed by atoms with Crippen LogP contribution >= 0.6 is 23.4 Å². The average Bonchev–Trinajstić information content (AvgIpc) is 1.89. The molecule has 0 radical (unpaired) electrons. The topological polar surface area (TPSA) is 0 Å². The van der Waals surface area contributed by atoms with Crippen molar-refractivity contribution in [2.75, 3.05) is 6.26 Å². The van der Waals surface area contributed by atoms with Crippen LogP contribution in [0.1, 0.15) is 12.8 Å². The molecule has 0 heterocycles. The van der Waals surface area contributed by atoms with Crippen molar-refractivity contribution in [3.63, 3.8) is 0 Å². The van der Waals surface area contributed by atoms with Gasteiger partial charge in [-0.05, 0) is 19.1 Å². The van der Waals surface area contributed by atoms with Crippen molar-refractivity contribution in [3.8, 4) is 0 Å². The maximum atomic E-state index is 5.85. The van der Waals surface area contributed by atoms with Gasteiger partial charge in [0.05, 0.1) is 0 Å². The molecule has 1 rings (SSSR count). The zero-order valence-corrected chi connectivity index (χ0v) is 6.93. The molecule has 2 heteroatoms. The Kier molecular flexibility index (Phi) is 2.67. The van der Waals surface area contributed by atoms with Gasteiger partial charge in [-0.1, -0.05) is 23.8 Å². The molecular weight excluding hydrogens is 152 g/mol. The molecule has 9 heavy (non-hydrogen) atoms. The van der Waals surface area contributed by atoms with Crippen molar-refractivity contribution in [2.24, 2.45) is 0 Å². The lowest BCUT2D eigenvalue weighted by molar-refractivity contribution is 1.03. The second kappa shape index (κ2) is 3.33. The normalized spacial score (nSPS) is 18.9. The average molecular weight is 161 g/mol. The monoisotopic (exact) mass is 160 g/mol. The molecule has 1 aliphatic carbocycles. The van der Waals surface area contributed by atoms with Crippen LogP contribution in [-0.2, 0) is 0 Å². The molecule has 0 N–H and O–H groups in total. The van der Waals surface area contributed by atoms with Gasteiger partial charge in [-0.3, -0.25) is 0 Å². The molecule has 0 saturated heterocycles. The number of rotatable bonds is 1. The van der Waals surface area contributed by atoms with E-state index in [1.165, 1.54) is 4.91 Å². The predicted molar refractivity (Wildman–Crippen MR) is 44.8 cm³/mol. The van der Waals surface area contributed by atoms with Crippen molar-refractivity contribution >= 4 is 23.4 Å². The Morgan fingerprint density at radius 2 is 2.11 bits per heavy atom. The van der Waals surface area contributed by atoms with E-state index >= 15 is 0 Å². The fraction of sp³-hybridized carbons (Fsp3) is 0.429. The van der Waals surface area contributed by atoms with Crippen molar-refractivity contribution in [2.45, 2.75) is 12.8 Å². The largest absolute Gasteiger partial charge is 0.128 e. The third kappa shape index (κ3) is 1.77. The van der Waals surface area contributed by atoms with Crippen LogP contribution in [0.2, 0.25) is 0 Å². The third-order valence-electron chi connectivity index (χ3n) is 1.28. The van der Waals surface area contributed by atoms with Gasteiger partial charge in [0.15, 0.2) is 0 Å². The lowest BCUT2D eigenvalue weighted by Gasteiger charge is -2.06. The van der Waals surface area contributed by atoms with E-state index in [1.807, 2.05) is 6.26 Å². The number of thioether (sulfide) groups is 1. The first kappa shape index (κ1) is 7.23. The summed E-state index contributed by atoms with van der Waals surface area (Å²) in [6.45, 7) is 0. The maximum absolute atomic E-state index is 5.85. The first-order valence-electron chi connectivity index (χ1n) is 2.95. The molecule has 0 aromatic rings. The number of hydrogen-bond acceptors (Lipinski definition) is 1. The Labute approximate surface area is 65.0 Å². The Morgan fingerprint density at radius 3 is 2.56 bits per heavy atom. The number of hydrogen-bond donors (Lipinski definition) is 0. The lowest BCUT2D eigenvalue weighted by Crippen LogP contribution is -1.83. The van der Waals surface area contributed by atoms with Gasteiger partial charge in [0.1, 0.15) is 0 Å². The summed E-state index contributed by atoms with van der Waals surface area (Å²) >= 11 is 7.57. The van der Waals surface area contributed by atoms with E-state index in [0.717, 1.165) is 17.9 Å². The summed E-state index contributed by atoms with van der Waals surface area (Å²) in [5.41, 5.74) is 0. The van der Waals surface area contributed by atoms with Crippen LogP contribution < -0.4 is 0 Å². The van der Waals surface area contributed by atoms with Gasteiger partial charge in [0, 0.05) is 9.94 Å². The fourth-order valence-corrected chi connectivity index (χ4v) is 1.78. The van der Waals surface area contributed by atoms with E-state index in [1.54, 1.807) is 11.8 Å². The summed E-state index contributed by atoms with van der Waals surface area (Å²) in [5, 5.41) is 0.925. The van der Waals surface area contributed by atoms with E-state index in [4.69, 9.17) is 11.6 Å². The first-order chi connectivity index (χ1) is 4.34. The molecule has 1 aliphatic rings. The van der Waals surface area contributed by atoms with E-state index in [2.05, 4.69) is 12.2 Å². The van der Waals surface area contributed by atoms with E-state index < -0.39 is 0 Å². The molecule has 0 spiro atoms. The van der Waals surface area contributed by atoms with Gasteiger partial charge in [0.25, 0.3) is 0 Å². The van der Waals surface area contributed by atoms with Gasteiger partial charge < -0.3 is 0 Å². The first-order valence-corrected chi connectivity index (χ1v) is 4.55. The van der Waals surface area contributed by atoms with Gasteiger partial charge in [-0.15, -0.1) is 11.8 Å². The molecule has 0 bridgehead atoms. The quantitative estimate of drug-likeness (QED) is 0.568. The Morgan fingerprint density at radius 1 is 1.44 bits per heavy atom. The standard InChI is InChI=1S/C7H9ClS/c1-9-7-5-3-2-4-6(7)8/h4-5H,2-3H2,1H3. The molecule has 0 aliphatic heterocycles. The molecule has 0 aromatic heterocycles. The smallest absolute Gasteiger partial charge is 0.0498 e. The molecule has 50 valence electrons. The highest BCUT2D eigenvalue weighted by atomic mass is 35.5. The highest BCUT2D eigenvalue weighted by Gasteiger charge is 2.02. The summed E-state index contributed by atoms with van der Waals surface area (Å²) in [5.74, 6) is 0. The Hall–Kier alpha value is 0.120. The molecule has 0 atom stereocenters. The van der Waals surface area contributed by atoms with Gasteiger partial charge in [0.2, 0.25) is 0 Å². The Bertz CT molecular complexity index is 158. The number of allylic oxidation sites excluding steroid dienone is 3. The van der Waals surface area contributed by atoms with Crippen LogP contribution in [0.25, 0.3) is 0 Å². The van der Waals surface area contributed by atoms with Crippen molar-refractivity contribution in [1.82, 2.24) is 0 Å². The van der Waals surface area contributed by atoms with E-state index in [-0.39, 0.29) is 0 Å². The zero-order valence-electron chi connectivity index (χ0n) is 5.36. The summed E-state index contributed by atoms with van der Waals surface area (Å²) < 4.78 is 0. The molecule has 0 nitrogen and oxygen atoms in total. The molecule has 0 aromatic carbocycles. The van der Waals surface area contributed by atoms with Gasteiger partial charge >= 0.3 is 0 Å². The maximum Gasteiger partial charge on any atom is 0.0498 e. The molecule has 0 fully saturated rings. The lowest BCUT2D eigenvalue weighted by atomic mass is 10.2. The fourth-order valence-electron chi connectivity index (χ4n) is 0.803. The molecule has 0 amide bonds. The van der Waals surface area contributed by atoms with Crippen molar-refractivity contribution < 1.29 is 0 Å². The summed E-state index contributed by atoms with van der Waals surface area (Å²) in [6, 6.07) is 0. The predicted octanol–water partition coefficient (Wildman–Crippen LogP) is 3.15. The van der Waals surface area contributed by atoms with Gasteiger partial charge in [-0.25, -0.2) is 0 Å². The van der Waals surface area contributed by atoms with Crippen LogP contribution in [0.15, 0.2) is 22.1 Å². The van der Waals surface area contributed by atoms with Crippen molar-refractivity contribution in [1.29, 1.82) is 0 Å². The summed E-state index contributed by atoms with van der Waals surface area (Å²) in [4.78, 5) is 1.22. The van der Waals surface area contributed by atoms with Crippen LogP contribution in [-0.4, -0.2) is 6.26 Å². The Balaban J connectivity index is 2.68. The van der Waals surface area contributed by atoms with Crippen LogP contribution in [0.4, 0.5) is 0 Å². The third-order valence-corrected chi connectivity index (χ3v) is 2.57. The van der Waals surface area contributed by atoms with Crippen LogP contribution in [0, 0.1) is 0 Å². The minimum Gasteiger partial charge on any atom is -0.128 e. The SMILES string of the molecule is CSC1=CCCC=C1Cl. The van der Waals surface area contributed by atoms with E-state index in [0.29, 0.717) is 0 Å². The van der Waals surface area contributed by atoms with E-state index in [9.17, 15) is 0 Å². The number of halogens is 1. The van der Waals surface area contributed by atoms with Crippen LogP contribution in [0.3, 0.4) is 0 Å². The second-order valence-corrected chi connectivity index (χ2v) is 3.16. The molecular formula is C7H9ClS. The highest BCUT2D eigenvalue weighted by Crippen LogP contribution is 2.29. The molecule has 0 saturated carbocycles. The zero-order chi connectivity index (χ0) is 6.69. The second-order valence-electron chi connectivity index (χ2n) is 1.90. The molecule has 0 unspecified atom stereocenters. The van der Waals surface area contributed by atoms with Crippen molar-refractivity contribution in [3.05, 3.63) is 22.1 Å². The summed E-state index contributed by atoms with van der Waals surface area (Å²) in [6.07, 6.45) is 8.56. The summed E-state index contributed by atoms with van der Waals surface area (Å²) in [7, 11) is 0. The van der Waals surface area contributed by atoms with Gasteiger partial charge in [-0.2, -0.15) is 0 Å². The van der Waals surface area contributed by atoms with Crippen LogP contribution in [0.5, 0.6) is 0 Å².